The fourth-order valence-electron chi connectivity index (χ4n) is 1.88. The van der Waals surface area contributed by atoms with Crippen LogP contribution < -0.4 is 0 Å². The minimum Gasteiger partial charge on any atom is -0.396 e. The van der Waals surface area contributed by atoms with Crippen LogP contribution in [-0.4, -0.2) is 22.9 Å². The van der Waals surface area contributed by atoms with E-state index in [2.05, 4.69) is 0 Å². The lowest BCUT2D eigenvalue weighted by Crippen LogP contribution is -2.16. The maximum absolute atomic E-state index is 9.55. The van der Waals surface area contributed by atoms with Crippen LogP contribution >= 0.6 is 0 Å². The Morgan fingerprint density at radius 2 is 1.93 bits per heavy atom. The van der Waals surface area contributed by atoms with Gasteiger partial charge in [0.05, 0.1) is 12.7 Å². The summed E-state index contributed by atoms with van der Waals surface area (Å²) in [6.07, 6.45) is 0.286. The van der Waals surface area contributed by atoms with Gasteiger partial charge in [-0.15, -0.1) is 0 Å². The molecule has 0 heterocycles. The van der Waals surface area contributed by atoms with E-state index >= 15 is 0 Å². The summed E-state index contributed by atoms with van der Waals surface area (Å²) in [6, 6.07) is 7.89. The Morgan fingerprint density at radius 3 is 2.57 bits per heavy atom. The van der Waals surface area contributed by atoms with Gasteiger partial charge in [-0.2, -0.15) is 0 Å². The molecule has 0 bridgehead atoms. The number of benzene rings is 1. The number of aliphatic hydroxyl groups is 2. The number of fused-ring (bicyclic) bond motifs is 1. The normalized spacial score (nSPS) is 23.7. The Kier molecular flexibility index (Phi) is 4.11. The van der Waals surface area contributed by atoms with Crippen molar-refractivity contribution in [2.45, 2.75) is 32.3 Å². The third-order valence-electron chi connectivity index (χ3n) is 2.54. The van der Waals surface area contributed by atoms with E-state index in [4.69, 9.17) is 5.11 Å². The van der Waals surface area contributed by atoms with Crippen LogP contribution in [-0.2, 0) is 6.42 Å². The smallest absolute Gasteiger partial charge is 0.0671 e. The second-order valence-corrected chi connectivity index (χ2v) is 3.26. The van der Waals surface area contributed by atoms with Crippen LogP contribution in [0, 0.1) is 0 Å². The van der Waals surface area contributed by atoms with Gasteiger partial charge >= 0.3 is 0 Å². The highest BCUT2D eigenvalue weighted by Crippen LogP contribution is 2.32. The van der Waals surface area contributed by atoms with Crippen molar-refractivity contribution in [3.05, 3.63) is 35.4 Å². The molecule has 2 rings (SSSR count). The fraction of sp³-hybridized carbons (Fsp3) is 0.500. The van der Waals surface area contributed by atoms with Gasteiger partial charge in [-0.1, -0.05) is 38.1 Å². The van der Waals surface area contributed by atoms with E-state index in [1.807, 2.05) is 38.1 Å². The third-order valence-corrected chi connectivity index (χ3v) is 2.54. The Morgan fingerprint density at radius 1 is 1.29 bits per heavy atom. The zero-order valence-corrected chi connectivity index (χ0v) is 8.77. The van der Waals surface area contributed by atoms with Gasteiger partial charge in [-0.3, -0.25) is 0 Å². The van der Waals surface area contributed by atoms with Crippen molar-refractivity contribution in [1.82, 2.24) is 0 Å². The molecule has 0 amide bonds. The van der Waals surface area contributed by atoms with E-state index in [9.17, 15) is 5.11 Å². The van der Waals surface area contributed by atoms with Crippen molar-refractivity contribution in [1.29, 1.82) is 0 Å². The molecule has 14 heavy (non-hydrogen) atoms. The largest absolute Gasteiger partial charge is 0.396 e. The Labute approximate surface area is 85.2 Å². The standard InChI is InChI=1S/C10H12O2.C2H6/c11-6-9-8-4-2-1-3-7(8)5-10(9)12;1-2/h1-4,9-12H,5-6H2;1-2H3. The van der Waals surface area contributed by atoms with Crippen LogP contribution in [0.4, 0.5) is 0 Å². The van der Waals surface area contributed by atoms with Crippen LogP contribution in [0.2, 0.25) is 0 Å². The summed E-state index contributed by atoms with van der Waals surface area (Å²) in [7, 11) is 0. The summed E-state index contributed by atoms with van der Waals surface area (Å²) >= 11 is 0. The fourth-order valence-corrected chi connectivity index (χ4v) is 1.88. The van der Waals surface area contributed by atoms with E-state index in [1.54, 1.807) is 0 Å². The second-order valence-electron chi connectivity index (χ2n) is 3.26. The van der Waals surface area contributed by atoms with Crippen LogP contribution in [0.25, 0.3) is 0 Å². The molecule has 1 aromatic carbocycles. The second kappa shape index (κ2) is 5.13. The van der Waals surface area contributed by atoms with Gasteiger partial charge in [0.15, 0.2) is 0 Å². The predicted molar refractivity (Wildman–Crippen MR) is 57.3 cm³/mol. The molecule has 0 saturated carbocycles. The summed E-state index contributed by atoms with van der Waals surface area (Å²) in [4.78, 5) is 0. The zero-order chi connectivity index (χ0) is 10.6. The van der Waals surface area contributed by atoms with Crippen molar-refractivity contribution < 1.29 is 10.2 Å². The maximum Gasteiger partial charge on any atom is 0.0671 e. The van der Waals surface area contributed by atoms with Gasteiger partial charge in [0.1, 0.15) is 0 Å². The lowest BCUT2D eigenvalue weighted by molar-refractivity contribution is 0.119. The molecule has 2 N–H and O–H groups in total. The lowest BCUT2D eigenvalue weighted by Gasteiger charge is -2.11. The summed E-state index contributed by atoms with van der Waals surface area (Å²) in [5.74, 6) is -0.0683. The molecule has 0 fully saturated rings. The number of hydrogen-bond donors (Lipinski definition) is 2. The van der Waals surface area contributed by atoms with Gasteiger partial charge in [-0.25, -0.2) is 0 Å². The molecule has 1 aromatic rings. The highest BCUT2D eigenvalue weighted by atomic mass is 16.3. The van der Waals surface area contributed by atoms with Crippen LogP contribution in [0.3, 0.4) is 0 Å². The van der Waals surface area contributed by atoms with E-state index < -0.39 is 6.10 Å². The molecular formula is C12H18O2. The summed E-state index contributed by atoms with van der Waals surface area (Å²) in [5.41, 5.74) is 2.27. The van der Waals surface area contributed by atoms with Gasteiger partial charge < -0.3 is 10.2 Å². The first-order chi connectivity index (χ1) is 6.83. The highest BCUT2D eigenvalue weighted by Gasteiger charge is 2.29. The maximum atomic E-state index is 9.55. The molecule has 2 unspecified atom stereocenters. The first kappa shape index (κ1) is 11.2. The molecule has 78 valence electrons. The molecule has 0 spiro atoms. The van der Waals surface area contributed by atoms with Crippen LogP contribution in [0.15, 0.2) is 24.3 Å². The topological polar surface area (TPSA) is 40.5 Å². The third kappa shape index (κ3) is 1.97. The molecule has 2 atom stereocenters. The van der Waals surface area contributed by atoms with Crippen molar-refractivity contribution in [3.63, 3.8) is 0 Å². The molecular weight excluding hydrogens is 176 g/mol. The van der Waals surface area contributed by atoms with Crippen LogP contribution in [0.1, 0.15) is 30.9 Å². The van der Waals surface area contributed by atoms with Gasteiger partial charge in [0, 0.05) is 5.92 Å². The number of rotatable bonds is 1. The minimum absolute atomic E-state index is 0.0399. The van der Waals surface area contributed by atoms with E-state index in [0.29, 0.717) is 6.42 Å². The van der Waals surface area contributed by atoms with E-state index in [-0.39, 0.29) is 12.5 Å². The zero-order valence-electron chi connectivity index (χ0n) is 8.77. The lowest BCUT2D eigenvalue weighted by atomic mass is 10.0. The Balaban J connectivity index is 0.000000461. The highest BCUT2D eigenvalue weighted by molar-refractivity contribution is 5.36. The summed E-state index contributed by atoms with van der Waals surface area (Å²) in [5, 5.41) is 18.6. The average Bonchev–Trinajstić information content (AvgIpc) is 2.56. The minimum atomic E-state index is -0.396. The van der Waals surface area contributed by atoms with Crippen molar-refractivity contribution in [2.75, 3.05) is 6.61 Å². The quantitative estimate of drug-likeness (QED) is 0.714. The number of hydrogen-bond acceptors (Lipinski definition) is 2. The first-order valence-corrected chi connectivity index (χ1v) is 5.19. The van der Waals surface area contributed by atoms with Crippen molar-refractivity contribution in [3.8, 4) is 0 Å². The molecule has 2 nitrogen and oxygen atoms in total. The summed E-state index contributed by atoms with van der Waals surface area (Å²) < 4.78 is 0. The molecule has 1 aliphatic rings. The molecule has 0 aliphatic heterocycles. The Bertz CT molecular complexity index is 283. The average molecular weight is 194 g/mol. The van der Waals surface area contributed by atoms with E-state index in [0.717, 1.165) is 5.56 Å². The van der Waals surface area contributed by atoms with Gasteiger partial charge in [-0.05, 0) is 17.5 Å². The molecule has 0 aromatic heterocycles. The molecule has 2 heteroatoms. The number of aliphatic hydroxyl groups excluding tert-OH is 2. The molecule has 0 saturated heterocycles. The molecule has 1 aliphatic carbocycles. The molecule has 0 radical (unpaired) electrons. The monoisotopic (exact) mass is 194 g/mol. The Hall–Kier alpha value is -0.860. The van der Waals surface area contributed by atoms with Gasteiger partial charge in [0.25, 0.3) is 0 Å². The van der Waals surface area contributed by atoms with Gasteiger partial charge in [0.2, 0.25) is 0 Å². The predicted octanol–water partition coefficient (Wildman–Crippen LogP) is 1.71. The van der Waals surface area contributed by atoms with Crippen molar-refractivity contribution in [2.24, 2.45) is 0 Å². The first-order valence-electron chi connectivity index (χ1n) is 5.19. The van der Waals surface area contributed by atoms with E-state index in [1.165, 1.54) is 5.56 Å². The van der Waals surface area contributed by atoms with Crippen LogP contribution in [0.5, 0.6) is 0 Å². The SMILES string of the molecule is CC.OCC1c2ccccc2CC1O. The van der Waals surface area contributed by atoms with Crippen molar-refractivity contribution >= 4 is 0 Å². The summed E-state index contributed by atoms with van der Waals surface area (Å²) in [6.45, 7) is 4.04.